The molecule has 9 fully saturated rings. The van der Waals surface area contributed by atoms with Crippen LogP contribution in [-0.2, 0) is 71.1 Å². The molecule has 18 N–H and O–H groups in total. The van der Waals surface area contributed by atoms with Gasteiger partial charge in [-0.15, -0.1) is 0 Å². The maximum atomic E-state index is 11.4. The van der Waals surface area contributed by atoms with Gasteiger partial charge in [0.25, 0.3) is 0 Å². The van der Waals surface area contributed by atoms with Crippen molar-refractivity contribution in [2.45, 2.75) is 209 Å². The second-order valence-electron chi connectivity index (χ2n) is 19.7. The molecule has 0 aliphatic carbocycles. The van der Waals surface area contributed by atoms with Gasteiger partial charge >= 0.3 is 0 Å². The summed E-state index contributed by atoms with van der Waals surface area (Å²) in [5.74, 6) is 0. The minimum atomic E-state index is -2.06. The second kappa shape index (κ2) is 24.4. The Kier molecular flexibility index (Phi) is 19.0. The number of ether oxygens (including phenoxy) is 15. The monoisotopic (exact) mass is 1100 g/mol. The number of fused-ring (bicyclic) bond motifs is 6. The van der Waals surface area contributed by atoms with Gasteiger partial charge in [0.15, 0.2) is 37.7 Å². The third-order valence-corrected chi connectivity index (χ3v) is 14.9. The van der Waals surface area contributed by atoms with Crippen LogP contribution in [0.2, 0.25) is 0 Å². The SMILES string of the molecule is OC[C@@H](O)[C@@H](O[C@H]1O[C@H](CO)[C@@H](O[C@H]2O[C@@H]3CO[C@H]([C@H]2O)[C@@H]3O[C@H]2O[C@H](CO)[C@@H](O[C@H]3O[C@@H]4CO[C@H]([C@H]3O)[C@@H]4O[C@H]3O[C@@H]4CO[C@H]([C@H]3O)[C@@H]4O[C@H]3O[C@H](CO)[C@@H](O)[C@H](O)[C@H]3O)[C@H](O)[C@H]2O)[C@H](O)[C@H]1O)[C@H](O)[C@@H](O)CO. The minimum Gasteiger partial charge on any atom is -0.394 e. The molecule has 0 aromatic heterocycles. The highest BCUT2D eigenvalue weighted by Gasteiger charge is 2.61. The molecule has 6 bridgehead atoms. The van der Waals surface area contributed by atoms with E-state index in [0.717, 1.165) is 0 Å². The molecule has 75 heavy (non-hydrogen) atoms. The first-order valence-corrected chi connectivity index (χ1v) is 24.4. The number of hydrogen-bond donors (Lipinski definition) is 18. The zero-order valence-corrected chi connectivity index (χ0v) is 39.5. The third kappa shape index (κ3) is 11.2. The van der Waals surface area contributed by atoms with E-state index in [4.69, 9.17) is 71.1 Å². The summed E-state index contributed by atoms with van der Waals surface area (Å²) in [6.07, 6.45) is -53.2. The third-order valence-electron chi connectivity index (χ3n) is 14.9. The van der Waals surface area contributed by atoms with Crippen molar-refractivity contribution in [3.8, 4) is 0 Å². The van der Waals surface area contributed by atoms with Crippen molar-refractivity contribution in [3.63, 3.8) is 0 Å². The van der Waals surface area contributed by atoms with Gasteiger partial charge in [-0.3, -0.25) is 0 Å². The maximum absolute atomic E-state index is 11.4. The summed E-state index contributed by atoms with van der Waals surface area (Å²) < 4.78 is 86.9. The van der Waals surface area contributed by atoms with Crippen molar-refractivity contribution in [2.24, 2.45) is 0 Å². The molecule has 0 aromatic rings. The molecule has 434 valence electrons. The van der Waals surface area contributed by atoms with Crippen molar-refractivity contribution in [2.75, 3.05) is 52.9 Å². The molecule has 33 heteroatoms. The van der Waals surface area contributed by atoms with Crippen molar-refractivity contribution in [3.05, 3.63) is 0 Å². The van der Waals surface area contributed by atoms with Gasteiger partial charge in [0.2, 0.25) is 0 Å². The molecule has 9 rings (SSSR count). The van der Waals surface area contributed by atoms with Gasteiger partial charge in [-0.25, -0.2) is 0 Å². The van der Waals surface area contributed by atoms with Crippen LogP contribution >= 0.6 is 0 Å². The number of hydrogen-bond acceptors (Lipinski definition) is 33. The summed E-state index contributed by atoms with van der Waals surface area (Å²) in [5, 5.41) is 189. The van der Waals surface area contributed by atoms with E-state index >= 15 is 0 Å². The highest BCUT2D eigenvalue weighted by atomic mass is 16.8. The zero-order chi connectivity index (χ0) is 53.9. The van der Waals surface area contributed by atoms with Crippen LogP contribution in [0.5, 0.6) is 0 Å². The molecule has 9 heterocycles. The molecular formula is C42H68O33. The van der Waals surface area contributed by atoms with E-state index in [1.54, 1.807) is 0 Å². The Hall–Kier alpha value is -1.32. The zero-order valence-electron chi connectivity index (χ0n) is 39.5. The Morgan fingerprint density at radius 1 is 0.347 bits per heavy atom. The summed E-state index contributed by atoms with van der Waals surface area (Å²) in [4.78, 5) is 0. The molecule has 0 aromatic carbocycles. The second-order valence-corrected chi connectivity index (χ2v) is 19.7. The predicted molar refractivity (Wildman–Crippen MR) is 224 cm³/mol. The smallest absolute Gasteiger partial charge is 0.187 e. The first-order valence-electron chi connectivity index (χ1n) is 24.4. The Morgan fingerprint density at radius 2 is 0.680 bits per heavy atom. The lowest BCUT2D eigenvalue weighted by atomic mass is 9.96. The van der Waals surface area contributed by atoms with E-state index in [-0.39, 0.29) is 19.8 Å². The van der Waals surface area contributed by atoms with Gasteiger partial charge in [-0.2, -0.15) is 0 Å². The largest absolute Gasteiger partial charge is 0.394 e. The maximum Gasteiger partial charge on any atom is 0.187 e. The molecule has 0 saturated carbocycles. The lowest BCUT2D eigenvalue weighted by Gasteiger charge is -2.48. The number of rotatable bonds is 20. The average molecular weight is 1100 g/mol. The van der Waals surface area contributed by atoms with Crippen LogP contribution in [-0.4, -0.2) is 353 Å². The van der Waals surface area contributed by atoms with Gasteiger partial charge in [0.1, 0.15) is 171 Å². The lowest BCUT2D eigenvalue weighted by molar-refractivity contribution is -0.378. The predicted octanol–water partition coefficient (Wildman–Crippen LogP) is -13.5. The van der Waals surface area contributed by atoms with Crippen LogP contribution in [0.1, 0.15) is 0 Å². The number of aliphatic hydroxyl groups is 18. The first kappa shape index (κ1) is 58.3. The average Bonchev–Trinajstić information content (AvgIpc) is 4.02. The van der Waals surface area contributed by atoms with Crippen molar-refractivity contribution in [1.29, 1.82) is 0 Å². The van der Waals surface area contributed by atoms with Crippen LogP contribution in [0.4, 0.5) is 0 Å². The van der Waals surface area contributed by atoms with Crippen molar-refractivity contribution < 1.29 is 163 Å². The van der Waals surface area contributed by atoms with E-state index in [1.165, 1.54) is 0 Å². The van der Waals surface area contributed by atoms with Crippen molar-refractivity contribution >= 4 is 0 Å². The van der Waals surface area contributed by atoms with E-state index in [0.29, 0.717) is 0 Å². The molecule has 0 unspecified atom stereocenters. The molecule has 9 aliphatic heterocycles. The van der Waals surface area contributed by atoms with E-state index in [9.17, 15) is 91.9 Å². The topological polar surface area (TPSA) is 503 Å². The lowest BCUT2D eigenvalue weighted by Crippen LogP contribution is -2.66. The van der Waals surface area contributed by atoms with E-state index < -0.39 is 242 Å². The van der Waals surface area contributed by atoms with Crippen LogP contribution < -0.4 is 0 Å². The van der Waals surface area contributed by atoms with Gasteiger partial charge in [0, 0.05) is 0 Å². The Bertz CT molecular complexity index is 1810. The molecule has 0 spiro atoms. The summed E-state index contributed by atoms with van der Waals surface area (Å²) >= 11 is 0. The molecular weight excluding hydrogens is 1030 g/mol. The van der Waals surface area contributed by atoms with Gasteiger partial charge in [-0.1, -0.05) is 0 Å². The molecule has 0 amide bonds. The number of aliphatic hydroxyl groups excluding tert-OH is 18. The molecule has 9 saturated heterocycles. The summed E-state index contributed by atoms with van der Waals surface area (Å²) in [5.41, 5.74) is 0. The highest BCUT2D eigenvalue weighted by molar-refractivity contribution is 5.04. The Morgan fingerprint density at radius 3 is 1.07 bits per heavy atom. The fourth-order valence-electron chi connectivity index (χ4n) is 10.7. The molecule has 0 radical (unpaired) electrons. The highest BCUT2D eigenvalue weighted by Crippen LogP contribution is 2.42. The summed E-state index contributed by atoms with van der Waals surface area (Å²) in [6, 6.07) is 0. The van der Waals surface area contributed by atoms with Crippen molar-refractivity contribution in [1.82, 2.24) is 0 Å². The molecule has 9 aliphatic rings. The van der Waals surface area contributed by atoms with Crippen LogP contribution in [0.15, 0.2) is 0 Å². The van der Waals surface area contributed by atoms with Crippen LogP contribution in [0, 0.1) is 0 Å². The van der Waals surface area contributed by atoms with Gasteiger partial charge in [-0.05, 0) is 0 Å². The minimum absolute atomic E-state index is 0.108. The fraction of sp³-hybridized carbons (Fsp3) is 1.00. The first-order chi connectivity index (χ1) is 35.8. The van der Waals surface area contributed by atoms with Crippen LogP contribution in [0.3, 0.4) is 0 Å². The Labute approximate surface area is 424 Å². The van der Waals surface area contributed by atoms with Crippen LogP contribution in [0.25, 0.3) is 0 Å². The van der Waals surface area contributed by atoms with E-state index in [1.807, 2.05) is 0 Å². The normalized spacial score (nSPS) is 52.4. The summed E-state index contributed by atoms with van der Waals surface area (Å²) in [6.45, 7) is -4.97. The quantitative estimate of drug-likeness (QED) is 0.0538. The summed E-state index contributed by atoms with van der Waals surface area (Å²) in [7, 11) is 0. The standard InChI is InChI=1S/C42H68O33/c43-1-9(48)17(50)28(10(49)2-44)70-38-23(56)20(53)29(12(4-46)65-38)71-40-25(58)34-32(14(67-40)6-61-34)74-39-24(57)21(54)30(13(5-47)66-39)72-41-26(59)35-33(16(68-41)8-62-35)75-42-27(60)36-31(15(69-42)7-63-36)73-37-22(55)19(52)18(51)11(3-45)64-37/h9-60H,1-8H2/t9-,10+,11+,12+,13+,14+,15+,16+,17+,18+,19-,20+,21+,22+,23+,24+,25+,26+,27+,28+,29+,30+,31+,32+,33+,34+,35+,36+,37+,38+,39+,40+,41+,42+/m0/s1. The molecule has 34 atom stereocenters. The molecule has 33 nitrogen and oxygen atoms in total. The fourth-order valence-corrected chi connectivity index (χ4v) is 10.7. The van der Waals surface area contributed by atoms with Gasteiger partial charge in [0.05, 0.1) is 52.9 Å². The Balaban J connectivity index is 0.773. The van der Waals surface area contributed by atoms with E-state index in [2.05, 4.69) is 0 Å². The van der Waals surface area contributed by atoms with Gasteiger partial charge < -0.3 is 163 Å².